The van der Waals surface area contributed by atoms with Gasteiger partial charge in [-0.05, 0) is 30.4 Å². The van der Waals surface area contributed by atoms with Crippen molar-refractivity contribution in [1.82, 2.24) is 19.4 Å². The summed E-state index contributed by atoms with van der Waals surface area (Å²) in [5.41, 5.74) is 1.02. The topological polar surface area (TPSA) is 41.1 Å². The van der Waals surface area contributed by atoms with Crippen molar-refractivity contribution in [3.8, 4) is 0 Å². The van der Waals surface area contributed by atoms with E-state index in [2.05, 4.69) is 64.9 Å². The van der Waals surface area contributed by atoms with Crippen LogP contribution in [-0.2, 0) is 6.54 Å². The Morgan fingerprint density at radius 2 is 2.60 bits per heavy atom. The molecule has 0 amide bonds. The van der Waals surface area contributed by atoms with Gasteiger partial charge in [0, 0.05) is 16.8 Å². The standard InChI is InChI=1S/C7H10BrIN4S2/c1-5-7(9,4-8)15-12-13(5)2-6-3-14-11-10-6/h3,5,12H,2,4H2,1H3. The molecule has 0 saturated carbocycles. The number of hydrogen-bond donors (Lipinski definition) is 1. The van der Waals surface area contributed by atoms with Gasteiger partial charge in [-0.15, -0.1) is 5.10 Å². The highest BCUT2D eigenvalue weighted by Crippen LogP contribution is 2.43. The molecule has 2 rings (SSSR count). The quantitative estimate of drug-likeness (QED) is 0.462. The molecule has 2 atom stereocenters. The Morgan fingerprint density at radius 1 is 1.80 bits per heavy atom. The molecule has 0 bridgehead atoms. The van der Waals surface area contributed by atoms with E-state index in [9.17, 15) is 0 Å². The number of nitrogens with zero attached hydrogens (tertiary/aromatic N) is 3. The van der Waals surface area contributed by atoms with E-state index in [4.69, 9.17) is 0 Å². The van der Waals surface area contributed by atoms with E-state index in [1.807, 2.05) is 5.38 Å². The first-order valence-electron chi connectivity index (χ1n) is 4.37. The van der Waals surface area contributed by atoms with E-state index in [1.54, 1.807) is 11.9 Å². The van der Waals surface area contributed by atoms with Crippen LogP contribution in [0.3, 0.4) is 0 Å². The molecule has 0 radical (unpaired) electrons. The molecule has 1 fully saturated rings. The summed E-state index contributed by atoms with van der Waals surface area (Å²) in [5.74, 6) is 0. The van der Waals surface area contributed by atoms with Crippen LogP contribution < -0.4 is 4.83 Å². The lowest BCUT2D eigenvalue weighted by atomic mass is 10.2. The average Bonchev–Trinajstić information content (AvgIpc) is 2.83. The van der Waals surface area contributed by atoms with Gasteiger partial charge in [0.2, 0.25) is 0 Å². The summed E-state index contributed by atoms with van der Waals surface area (Å²) in [6.07, 6.45) is 0. The van der Waals surface area contributed by atoms with Crippen LogP contribution in [0, 0.1) is 0 Å². The van der Waals surface area contributed by atoms with Crippen LogP contribution in [0.5, 0.6) is 0 Å². The second kappa shape index (κ2) is 5.13. The molecule has 0 aromatic carbocycles. The SMILES string of the molecule is CC1N(Cc2csnn2)NSC1(I)CBr. The summed E-state index contributed by atoms with van der Waals surface area (Å²) >= 11 is 9.20. The van der Waals surface area contributed by atoms with Gasteiger partial charge in [0.1, 0.15) is 2.75 Å². The first-order chi connectivity index (χ1) is 7.15. The average molecular weight is 421 g/mol. The third-order valence-electron chi connectivity index (χ3n) is 2.34. The molecular weight excluding hydrogens is 411 g/mol. The van der Waals surface area contributed by atoms with E-state index in [1.165, 1.54) is 11.5 Å². The lowest BCUT2D eigenvalue weighted by Gasteiger charge is -2.25. The van der Waals surface area contributed by atoms with Gasteiger partial charge >= 0.3 is 0 Å². The van der Waals surface area contributed by atoms with E-state index in [0.29, 0.717) is 6.04 Å². The molecule has 8 heteroatoms. The molecule has 15 heavy (non-hydrogen) atoms. The Kier molecular flexibility index (Phi) is 4.27. The van der Waals surface area contributed by atoms with Gasteiger partial charge in [-0.25, -0.2) is 5.01 Å². The molecule has 1 aliphatic heterocycles. The van der Waals surface area contributed by atoms with Crippen molar-refractivity contribution in [3.05, 3.63) is 11.1 Å². The van der Waals surface area contributed by atoms with Gasteiger partial charge in [0.25, 0.3) is 0 Å². The van der Waals surface area contributed by atoms with Crippen LogP contribution in [0.25, 0.3) is 0 Å². The third kappa shape index (κ3) is 2.65. The van der Waals surface area contributed by atoms with Crippen LogP contribution in [0.1, 0.15) is 12.6 Å². The van der Waals surface area contributed by atoms with Gasteiger partial charge in [-0.2, -0.15) is 4.83 Å². The summed E-state index contributed by atoms with van der Waals surface area (Å²) in [4.78, 5) is 3.34. The fourth-order valence-corrected chi connectivity index (χ4v) is 4.00. The zero-order chi connectivity index (χ0) is 10.9. The normalized spacial score (nSPS) is 32.3. The number of rotatable bonds is 3. The Balaban J connectivity index is 2.01. The van der Waals surface area contributed by atoms with E-state index < -0.39 is 0 Å². The molecular formula is C7H10BrIN4S2. The molecule has 2 unspecified atom stereocenters. The molecule has 0 spiro atoms. The molecule has 1 aliphatic rings. The minimum absolute atomic E-state index is 0.182. The summed E-state index contributed by atoms with van der Waals surface area (Å²) in [7, 11) is 0. The van der Waals surface area contributed by atoms with E-state index in [-0.39, 0.29) is 2.75 Å². The fraction of sp³-hybridized carbons (Fsp3) is 0.714. The monoisotopic (exact) mass is 420 g/mol. The minimum atomic E-state index is 0.182. The maximum Gasteiger partial charge on any atom is 0.109 e. The lowest BCUT2D eigenvalue weighted by molar-refractivity contribution is 0.193. The van der Waals surface area contributed by atoms with Crippen molar-refractivity contribution in [2.45, 2.75) is 22.3 Å². The molecule has 0 aliphatic carbocycles. The summed E-state index contributed by atoms with van der Waals surface area (Å²) in [5, 5.41) is 9.20. The first-order valence-corrected chi connectivity index (χ1v) is 8.22. The smallest absolute Gasteiger partial charge is 0.109 e. The Labute approximate surface area is 119 Å². The number of hydrazine groups is 1. The summed E-state index contributed by atoms with van der Waals surface area (Å²) in [6.45, 7) is 3.03. The lowest BCUT2D eigenvalue weighted by Crippen LogP contribution is -2.40. The van der Waals surface area contributed by atoms with E-state index >= 15 is 0 Å². The van der Waals surface area contributed by atoms with Crippen LogP contribution in [0.15, 0.2) is 5.38 Å². The zero-order valence-corrected chi connectivity index (χ0v) is 13.4. The Bertz CT molecular complexity index is 325. The van der Waals surface area contributed by atoms with Crippen LogP contribution in [0.4, 0.5) is 0 Å². The number of hydrogen-bond acceptors (Lipinski definition) is 6. The van der Waals surface area contributed by atoms with E-state index in [0.717, 1.165) is 17.6 Å². The zero-order valence-electron chi connectivity index (χ0n) is 7.98. The van der Waals surface area contributed by atoms with Crippen molar-refractivity contribution < 1.29 is 0 Å². The van der Waals surface area contributed by atoms with Crippen molar-refractivity contribution in [2.24, 2.45) is 0 Å². The highest BCUT2D eigenvalue weighted by molar-refractivity contribution is 14.1. The first kappa shape index (κ1) is 12.5. The Hall–Kier alpha value is 1.04. The van der Waals surface area contributed by atoms with Crippen molar-refractivity contribution >= 4 is 62.0 Å². The van der Waals surface area contributed by atoms with Crippen LogP contribution in [0.2, 0.25) is 0 Å². The second-order valence-corrected chi connectivity index (χ2v) is 8.26. The maximum atomic E-state index is 4.05. The van der Waals surface area contributed by atoms with Crippen LogP contribution in [-0.4, -0.2) is 28.7 Å². The van der Waals surface area contributed by atoms with Gasteiger partial charge in [0.15, 0.2) is 0 Å². The van der Waals surface area contributed by atoms with Crippen LogP contribution >= 0.6 is 62.0 Å². The predicted molar refractivity (Wildman–Crippen MR) is 76.2 cm³/mol. The molecule has 1 N–H and O–H groups in total. The molecule has 4 nitrogen and oxygen atoms in total. The van der Waals surface area contributed by atoms with Crippen molar-refractivity contribution in [1.29, 1.82) is 0 Å². The number of nitrogens with one attached hydrogen (secondary N) is 1. The molecule has 84 valence electrons. The van der Waals surface area contributed by atoms with Crippen molar-refractivity contribution in [2.75, 3.05) is 5.33 Å². The molecule has 1 aromatic rings. The Morgan fingerprint density at radius 3 is 3.13 bits per heavy atom. The predicted octanol–water partition coefficient (Wildman–Crippen LogP) is 2.42. The van der Waals surface area contributed by atoms with Gasteiger partial charge in [-0.3, -0.25) is 0 Å². The van der Waals surface area contributed by atoms with Gasteiger partial charge < -0.3 is 0 Å². The second-order valence-electron chi connectivity index (χ2n) is 3.31. The fourth-order valence-electron chi connectivity index (χ4n) is 1.27. The molecule has 1 aromatic heterocycles. The summed E-state index contributed by atoms with van der Waals surface area (Å²) in [6, 6.07) is 0.448. The molecule has 1 saturated heterocycles. The molecule has 2 heterocycles. The summed E-state index contributed by atoms with van der Waals surface area (Å²) < 4.78 is 4.05. The largest absolute Gasteiger partial charge is 0.223 e. The van der Waals surface area contributed by atoms with Crippen molar-refractivity contribution in [3.63, 3.8) is 0 Å². The third-order valence-corrected chi connectivity index (χ3v) is 8.29. The highest BCUT2D eigenvalue weighted by atomic mass is 127. The number of alkyl halides is 2. The number of halogens is 2. The van der Waals surface area contributed by atoms with Gasteiger partial charge in [-0.1, -0.05) is 43.0 Å². The maximum absolute atomic E-state index is 4.05. The minimum Gasteiger partial charge on any atom is -0.223 e. The number of aromatic nitrogens is 2. The highest BCUT2D eigenvalue weighted by Gasteiger charge is 2.43. The van der Waals surface area contributed by atoms with Gasteiger partial charge in [0.05, 0.1) is 12.2 Å².